The predicted molar refractivity (Wildman–Crippen MR) is 114 cm³/mol. The predicted octanol–water partition coefficient (Wildman–Crippen LogP) is 5.43. The maximum atomic E-state index is 12.5. The van der Waals surface area contributed by atoms with Gasteiger partial charge in [-0.05, 0) is 53.8 Å². The highest BCUT2D eigenvalue weighted by Gasteiger charge is 2.16. The molecule has 146 valence electrons. The van der Waals surface area contributed by atoms with Gasteiger partial charge in [0.1, 0.15) is 0 Å². The number of aromatic nitrogens is 1. The third-order valence-corrected chi connectivity index (χ3v) is 6.06. The van der Waals surface area contributed by atoms with Crippen LogP contribution >= 0.6 is 0 Å². The maximum absolute atomic E-state index is 12.5. The molecule has 0 spiro atoms. The van der Waals surface area contributed by atoms with E-state index < -0.39 is 10.0 Å². The Hall–Kier alpha value is -3.38. The van der Waals surface area contributed by atoms with Crippen LogP contribution in [0.5, 0.6) is 0 Å². The molecule has 0 aliphatic heterocycles. The molecule has 0 saturated carbocycles. The number of hydrogen-bond donors (Lipinski definition) is 1. The summed E-state index contributed by atoms with van der Waals surface area (Å²) in [6.07, 6.45) is 0. The molecule has 3 aromatic carbocycles. The van der Waals surface area contributed by atoms with Gasteiger partial charge in [0.15, 0.2) is 0 Å². The van der Waals surface area contributed by atoms with E-state index in [1.807, 2.05) is 24.3 Å². The van der Waals surface area contributed by atoms with Crippen molar-refractivity contribution >= 4 is 15.9 Å². The second kappa shape index (κ2) is 7.56. The van der Waals surface area contributed by atoms with E-state index >= 15 is 0 Å². The van der Waals surface area contributed by atoms with Crippen LogP contribution in [-0.4, -0.2) is 13.6 Å². The molecule has 0 atom stereocenters. The first kappa shape index (κ1) is 19.0. The van der Waals surface area contributed by atoms with Gasteiger partial charge in [0.05, 0.1) is 10.6 Å². The zero-order chi connectivity index (χ0) is 20.4. The Morgan fingerprint density at radius 2 is 1.38 bits per heavy atom. The first-order valence-corrected chi connectivity index (χ1v) is 10.6. The molecule has 1 N–H and O–H groups in total. The molecule has 1 aromatic heterocycles. The van der Waals surface area contributed by atoms with E-state index in [0.29, 0.717) is 5.69 Å². The lowest BCUT2D eigenvalue weighted by Gasteiger charge is -2.09. The molecule has 4 rings (SSSR count). The van der Waals surface area contributed by atoms with Gasteiger partial charge in [-0.2, -0.15) is 0 Å². The van der Waals surface area contributed by atoms with E-state index in [9.17, 15) is 8.42 Å². The third kappa shape index (κ3) is 4.07. The fourth-order valence-electron chi connectivity index (χ4n) is 3.17. The van der Waals surface area contributed by atoms with E-state index in [4.69, 9.17) is 4.52 Å². The van der Waals surface area contributed by atoms with Crippen LogP contribution in [0, 0.1) is 13.8 Å². The summed E-state index contributed by atoms with van der Waals surface area (Å²) in [4.78, 5) is 0.159. The van der Waals surface area contributed by atoms with Crippen molar-refractivity contribution in [2.24, 2.45) is 0 Å². The summed E-state index contributed by atoms with van der Waals surface area (Å²) in [6.45, 7) is 3.82. The van der Waals surface area contributed by atoms with E-state index in [1.165, 1.54) is 17.2 Å². The second-order valence-electron chi connectivity index (χ2n) is 6.85. The van der Waals surface area contributed by atoms with E-state index in [-0.39, 0.29) is 10.8 Å². The minimum absolute atomic E-state index is 0.0957. The summed E-state index contributed by atoms with van der Waals surface area (Å²) in [5.41, 5.74) is 6.14. The quantitative estimate of drug-likeness (QED) is 0.482. The average Bonchev–Trinajstić information content (AvgIpc) is 3.12. The fourth-order valence-corrected chi connectivity index (χ4v) is 4.14. The number of rotatable bonds is 5. The molecule has 29 heavy (non-hydrogen) atoms. The van der Waals surface area contributed by atoms with Crippen LogP contribution < -0.4 is 4.72 Å². The summed E-state index contributed by atoms with van der Waals surface area (Å²) in [5.74, 6) is 0.0957. The lowest BCUT2D eigenvalue weighted by molar-refractivity contribution is 0.430. The van der Waals surface area contributed by atoms with Crippen LogP contribution in [0.1, 0.15) is 11.3 Å². The van der Waals surface area contributed by atoms with Crippen LogP contribution in [0.4, 0.5) is 5.88 Å². The lowest BCUT2D eigenvalue weighted by Crippen LogP contribution is -2.12. The third-order valence-electron chi connectivity index (χ3n) is 4.70. The van der Waals surface area contributed by atoms with Gasteiger partial charge >= 0.3 is 0 Å². The molecule has 6 heteroatoms. The van der Waals surface area contributed by atoms with Crippen LogP contribution in [0.15, 0.2) is 88.3 Å². The average molecular weight is 404 g/mol. The number of sulfonamides is 1. The number of nitrogens with zero attached hydrogens (tertiary/aromatic N) is 1. The zero-order valence-electron chi connectivity index (χ0n) is 16.1. The summed E-state index contributed by atoms with van der Waals surface area (Å²) >= 11 is 0. The molecule has 0 saturated heterocycles. The standard InChI is InChI=1S/C23H20N2O3S/c1-16-5-3-4-6-22(16)20-9-7-18(8-10-20)19-11-13-21(14-12-19)29(26,27)25-23-15-17(2)24-28-23/h3-15,25H,1-2H3. The highest BCUT2D eigenvalue weighted by molar-refractivity contribution is 7.92. The molecule has 0 bridgehead atoms. The topological polar surface area (TPSA) is 72.2 Å². The minimum Gasteiger partial charge on any atom is -0.338 e. The highest BCUT2D eigenvalue weighted by Crippen LogP contribution is 2.28. The molecule has 4 aromatic rings. The SMILES string of the molecule is Cc1cc(NS(=O)(=O)c2ccc(-c3ccc(-c4ccccc4C)cc3)cc2)on1. The van der Waals surface area contributed by atoms with Crippen molar-refractivity contribution in [3.63, 3.8) is 0 Å². The molecule has 0 aliphatic rings. The highest BCUT2D eigenvalue weighted by atomic mass is 32.2. The molecule has 0 unspecified atom stereocenters. The molecule has 1 heterocycles. The van der Waals surface area contributed by atoms with Crippen molar-refractivity contribution in [3.8, 4) is 22.3 Å². The zero-order valence-corrected chi connectivity index (χ0v) is 16.9. The molecule has 0 radical (unpaired) electrons. The molecule has 0 amide bonds. The molecule has 0 fully saturated rings. The molecular formula is C23H20N2O3S. The van der Waals surface area contributed by atoms with E-state index in [1.54, 1.807) is 31.2 Å². The Labute approximate surface area is 170 Å². The van der Waals surface area contributed by atoms with Gasteiger partial charge in [0.25, 0.3) is 10.0 Å². The van der Waals surface area contributed by atoms with Crippen molar-refractivity contribution in [2.45, 2.75) is 18.7 Å². The van der Waals surface area contributed by atoms with Gasteiger partial charge in [-0.1, -0.05) is 65.8 Å². The molecule has 5 nitrogen and oxygen atoms in total. The van der Waals surface area contributed by atoms with Crippen LogP contribution in [0.2, 0.25) is 0 Å². The molecular weight excluding hydrogens is 384 g/mol. The van der Waals surface area contributed by atoms with Crippen molar-refractivity contribution in [1.29, 1.82) is 0 Å². The second-order valence-corrected chi connectivity index (χ2v) is 8.54. The summed E-state index contributed by atoms with van der Waals surface area (Å²) in [5, 5.41) is 3.68. The summed E-state index contributed by atoms with van der Waals surface area (Å²) < 4.78 is 32.3. The maximum Gasteiger partial charge on any atom is 0.264 e. The van der Waals surface area contributed by atoms with Crippen LogP contribution in [0.3, 0.4) is 0 Å². The first-order valence-electron chi connectivity index (χ1n) is 9.15. The number of aryl methyl sites for hydroxylation is 2. The summed E-state index contributed by atoms with van der Waals surface area (Å²) in [7, 11) is -3.73. The van der Waals surface area contributed by atoms with Crippen molar-refractivity contribution in [2.75, 3.05) is 4.72 Å². The number of benzene rings is 3. The van der Waals surface area contributed by atoms with Gasteiger partial charge in [-0.25, -0.2) is 13.1 Å². The van der Waals surface area contributed by atoms with Crippen molar-refractivity contribution in [1.82, 2.24) is 5.16 Å². The Balaban J connectivity index is 1.55. The Bertz CT molecular complexity index is 1240. The monoisotopic (exact) mass is 404 g/mol. The first-order chi connectivity index (χ1) is 13.9. The number of anilines is 1. The Kier molecular flexibility index (Phi) is 4.94. The fraction of sp³-hybridized carbons (Fsp3) is 0.0870. The largest absolute Gasteiger partial charge is 0.338 e. The van der Waals surface area contributed by atoms with Crippen LogP contribution in [0.25, 0.3) is 22.3 Å². The van der Waals surface area contributed by atoms with Gasteiger partial charge in [-0.3, -0.25) is 0 Å². The number of hydrogen-bond acceptors (Lipinski definition) is 4. The lowest BCUT2D eigenvalue weighted by atomic mass is 9.98. The normalized spacial score (nSPS) is 11.4. The van der Waals surface area contributed by atoms with Gasteiger partial charge in [0, 0.05) is 6.07 Å². The minimum atomic E-state index is -3.73. The molecule has 0 aliphatic carbocycles. The van der Waals surface area contributed by atoms with E-state index in [0.717, 1.165) is 16.7 Å². The Morgan fingerprint density at radius 3 is 1.97 bits per heavy atom. The smallest absolute Gasteiger partial charge is 0.264 e. The van der Waals surface area contributed by atoms with Crippen LogP contribution in [-0.2, 0) is 10.0 Å². The Morgan fingerprint density at radius 1 is 0.793 bits per heavy atom. The van der Waals surface area contributed by atoms with Gasteiger partial charge in [0.2, 0.25) is 5.88 Å². The van der Waals surface area contributed by atoms with Gasteiger partial charge in [-0.15, -0.1) is 0 Å². The van der Waals surface area contributed by atoms with Gasteiger partial charge < -0.3 is 4.52 Å². The number of nitrogens with one attached hydrogen (secondary N) is 1. The van der Waals surface area contributed by atoms with Crippen molar-refractivity contribution in [3.05, 3.63) is 90.1 Å². The van der Waals surface area contributed by atoms with E-state index in [2.05, 4.69) is 41.1 Å². The van der Waals surface area contributed by atoms with Crippen molar-refractivity contribution < 1.29 is 12.9 Å². The summed E-state index contributed by atoms with van der Waals surface area (Å²) in [6, 6.07) is 24.8.